The monoisotopic (exact) mass is 221 g/mol. The van der Waals surface area contributed by atoms with Gasteiger partial charge < -0.3 is 15.0 Å². The molecular formula is C12H19N3O. The van der Waals surface area contributed by atoms with Crippen molar-refractivity contribution in [1.29, 1.82) is 0 Å². The van der Waals surface area contributed by atoms with E-state index in [1.807, 2.05) is 25.1 Å². The first-order valence-corrected chi connectivity index (χ1v) is 5.72. The van der Waals surface area contributed by atoms with E-state index in [-0.39, 0.29) is 6.10 Å². The lowest BCUT2D eigenvalue weighted by atomic mass is 10.3. The SMILES string of the molecule is Cc1cccc(NCC2CN(C)CCO2)n1. The van der Waals surface area contributed by atoms with Crippen molar-refractivity contribution in [2.75, 3.05) is 38.6 Å². The summed E-state index contributed by atoms with van der Waals surface area (Å²) in [5.74, 6) is 0.928. The van der Waals surface area contributed by atoms with E-state index in [4.69, 9.17) is 4.74 Å². The van der Waals surface area contributed by atoms with Crippen LogP contribution in [0.3, 0.4) is 0 Å². The van der Waals surface area contributed by atoms with Crippen molar-refractivity contribution < 1.29 is 4.74 Å². The molecule has 0 aliphatic carbocycles. The highest BCUT2D eigenvalue weighted by atomic mass is 16.5. The van der Waals surface area contributed by atoms with Crippen LogP contribution in [0.15, 0.2) is 18.2 Å². The molecule has 16 heavy (non-hydrogen) atoms. The molecule has 0 bridgehead atoms. The van der Waals surface area contributed by atoms with Crippen LogP contribution in [0.5, 0.6) is 0 Å². The van der Waals surface area contributed by atoms with Crippen LogP contribution in [0.4, 0.5) is 5.82 Å². The minimum atomic E-state index is 0.265. The Morgan fingerprint density at radius 2 is 2.44 bits per heavy atom. The predicted molar refractivity (Wildman–Crippen MR) is 64.7 cm³/mol. The molecule has 0 radical (unpaired) electrons. The highest BCUT2D eigenvalue weighted by Gasteiger charge is 2.17. The third-order valence-corrected chi connectivity index (χ3v) is 2.74. The second kappa shape index (κ2) is 5.27. The van der Waals surface area contributed by atoms with E-state index in [2.05, 4.69) is 22.2 Å². The zero-order valence-electron chi connectivity index (χ0n) is 9.94. The maximum absolute atomic E-state index is 5.67. The Balaban J connectivity index is 1.82. The molecule has 0 saturated carbocycles. The summed E-state index contributed by atoms with van der Waals surface area (Å²) < 4.78 is 5.67. The van der Waals surface area contributed by atoms with Crippen LogP contribution in [0.25, 0.3) is 0 Å². The number of hydrogen-bond donors (Lipinski definition) is 1. The first-order valence-electron chi connectivity index (χ1n) is 5.72. The van der Waals surface area contributed by atoms with Crippen LogP contribution in [0.1, 0.15) is 5.69 Å². The molecule has 2 rings (SSSR count). The molecule has 1 fully saturated rings. The molecule has 0 amide bonds. The van der Waals surface area contributed by atoms with Crippen molar-refractivity contribution in [2.24, 2.45) is 0 Å². The third kappa shape index (κ3) is 3.18. The first kappa shape index (κ1) is 11.4. The molecule has 0 spiro atoms. The fraction of sp³-hybridized carbons (Fsp3) is 0.583. The minimum Gasteiger partial charge on any atom is -0.374 e. The highest BCUT2D eigenvalue weighted by molar-refractivity contribution is 5.35. The Hall–Kier alpha value is -1.13. The van der Waals surface area contributed by atoms with Crippen molar-refractivity contribution in [3.05, 3.63) is 23.9 Å². The van der Waals surface area contributed by atoms with Gasteiger partial charge in [-0.3, -0.25) is 0 Å². The largest absolute Gasteiger partial charge is 0.374 e. The topological polar surface area (TPSA) is 37.4 Å². The van der Waals surface area contributed by atoms with Gasteiger partial charge in [-0.2, -0.15) is 0 Å². The fourth-order valence-electron chi connectivity index (χ4n) is 1.85. The normalized spacial score (nSPS) is 22.0. The Labute approximate surface area is 96.6 Å². The average molecular weight is 221 g/mol. The van der Waals surface area contributed by atoms with Gasteiger partial charge in [0.2, 0.25) is 0 Å². The summed E-state index contributed by atoms with van der Waals surface area (Å²) in [5, 5.41) is 3.31. The summed E-state index contributed by atoms with van der Waals surface area (Å²) in [4.78, 5) is 6.69. The number of aromatic nitrogens is 1. The van der Waals surface area contributed by atoms with E-state index in [0.717, 1.165) is 37.8 Å². The number of morpholine rings is 1. The molecule has 4 heteroatoms. The van der Waals surface area contributed by atoms with Gasteiger partial charge in [-0.25, -0.2) is 4.98 Å². The molecule has 1 atom stereocenters. The lowest BCUT2D eigenvalue weighted by Gasteiger charge is -2.30. The lowest BCUT2D eigenvalue weighted by Crippen LogP contribution is -2.43. The molecule has 0 aromatic carbocycles. The standard InChI is InChI=1S/C12H19N3O/c1-10-4-3-5-12(14-10)13-8-11-9-15(2)6-7-16-11/h3-5,11H,6-9H2,1-2H3,(H,13,14). The zero-order chi connectivity index (χ0) is 11.4. The number of pyridine rings is 1. The number of nitrogens with zero attached hydrogens (tertiary/aromatic N) is 2. The van der Waals surface area contributed by atoms with Crippen LogP contribution in [-0.2, 0) is 4.74 Å². The van der Waals surface area contributed by atoms with Gasteiger partial charge in [0.15, 0.2) is 0 Å². The predicted octanol–water partition coefficient (Wildman–Crippen LogP) is 1.13. The van der Waals surface area contributed by atoms with Gasteiger partial charge >= 0.3 is 0 Å². The highest BCUT2D eigenvalue weighted by Crippen LogP contribution is 2.07. The minimum absolute atomic E-state index is 0.265. The molecule has 1 N–H and O–H groups in total. The van der Waals surface area contributed by atoms with Crippen LogP contribution in [0, 0.1) is 6.92 Å². The summed E-state index contributed by atoms with van der Waals surface area (Å²) in [6, 6.07) is 5.99. The van der Waals surface area contributed by atoms with E-state index in [0.29, 0.717) is 0 Å². The van der Waals surface area contributed by atoms with Crippen LogP contribution >= 0.6 is 0 Å². The quantitative estimate of drug-likeness (QED) is 0.830. The van der Waals surface area contributed by atoms with Gasteiger partial charge in [0.25, 0.3) is 0 Å². The number of nitrogens with one attached hydrogen (secondary N) is 1. The number of aryl methyl sites for hydroxylation is 1. The van der Waals surface area contributed by atoms with Gasteiger partial charge in [-0.05, 0) is 26.1 Å². The van der Waals surface area contributed by atoms with E-state index in [1.54, 1.807) is 0 Å². The maximum Gasteiger partial charge on any atom is 0.126 e. The first-order chi connectivity index (χ1) is 7.74. The zero-order valence-corrected chi connectivity index (χ0v) is 9.94. The van der Waals surface area contributed by atoms with Gasteiger partial charge in [-0.15, -0.1) is 0 Å². The maximum atomic E-state index is 5.67. The number of likely N-dealkylation sites (N-methyl/N-ethyl adjacent to an activating group) is 1. The number of anilines is 1. The summed E-state index contributed by atoms with van der Waals surface area (Å²) >= 11 is 0. The Kier molecular flexibility index (Phi) is 3.74. The lowest BCUT2D eigenvalue weighted by molar-refractivity contribution is -0.0117. The van der Waals surface area contributed by atoms with Crippen molar-refractivity contribution in [2.45, 2.75) is 13.0 Å². The van der Waals surface area contributed by atoms with Gasteiger partial charge in [0.1, 0.15) is 5.82 Å². The van der Waals surface area contributed by atoms with Crippen LogP contribution in [0.2, 0.25) is 0 Å². The molecule has 1 saturated heterocycles. The molecule has 1 unspecified atom stereocenters. The van der Waals surface area contributed by atoms with Crippen molar-refractivity contribution in [1.82, 2.24) is 9.88 Å². The Morgan fingerprint density at radius 1 is 1.56 bits per heavy atom. The fourth-order valence-corrected chi connectivity index (χ4v) is 1.85. The molecule has 2 heterocycles. The second-order valence-corrected chi connectivity index (χ2v) is 4.30. The van der Waals surface area contributed by atoms with E-state index in [9.17, 15) is 0 Å². The third-order valence-electron chi connectivity index (χ3n) is 2.74. The molecular weight excluding hydrogens is 202 g/mol. The van der Waals surface area contributed by atoms with E-state index < -0.39 is 0 Å². The van der Waals surface area contributed by atoms with Crippen molar-refractivity contribution in [3.63, 3.8) is 0 Å². The van der Waals surface area contributed by atoms with E-state index >= 15 is 0 Å². The number of rotatable bonds is 3. The second-order valence-electron chi connectivity index (χ2n) is 4.30. The molecule has 4 nitrogen and oxygen atoms in total. The van der Waals surface area contributed by atoms with Crippen LogP contribution in [-0.4, -0.2) is 49.3 Å². The molecule has 88 valence electrons. The number of ether oxygens (including phenoxy) is 1. The van der Waals surface area contributed by atoms with Gasteiger partial charge in [-0.1, -0.05) is 6.07 Å². The van der Waals surface area contributed by atoms with E-state index in [1.165, 1.54) is 0 Å². The molecule has 1 aromatic heterocycles. The van der Waals surface area contributed by atoms with Crippen molar-refractivity contribution >= 4 is 5.82 Å². The summed E-state index contributed by atoms with van der Waals surface area (Å²) in [7, 11) is 2.13. The Morgan fingerprint density at radius 3 is 3.19 bits per heavy atom. The average Bonchev–Trinajstić information content (AvgIpc) is 2.27. The van der Waals surface area contributed by atoms with Crippen molar-refractivity contribution in [3.8, 4) is 0 Å². The molecule has 1 aliphatic heterocycles. The number of hydrogen-bond acceptors (Lipinski definition) is 4. The summed E-state index contributed by atoms with van der Waals surface area (Å²) in [6.07, 6.45) is 0.265. The summed E-state index contributed by atoms with van der Waals surface area (Å²) in [5.41, 5.74) is 1.03. The Bertz CT molecular complexity index is 343. The summed E-state index contributed by atoms with van der Waals surface area (Å²) in [6.45, 7) is 5.65. The molecule has 1 aliphatic rings. The van der Waals surface area contributed by atoms with Crippen LogP contribution < -0.4 is 5.32 Å². The smallest absolute Gasteiger partial charge is 0.126 e. The van der Waals surface area contributed by atoms with Gasteiger partial charge in [0, 0.05) is 25.3 Å². The van der Waals surface area contributed by atoms with Gasteiger partial charge in [0.05, 0.1) is 12.7 Å². The molecule has 1 aromatic rings.